The lowest BCUT2D eigenvalue weighted by molar-refractivity contribution is -0.137. The molecule has 0 aliphatic heterocycles. The van der Waals surface area contributed by atoms with E-state index in [9.17, 15) is 14.4 Å². The van der Waals surface area contributed by atoms with Crippen molar-refractivity contribution in [2.75, 3.05) is 13.1 Å². The lowest BCUT2D eigenvalue weighted by atomic mass is 10.3. The van der Waals surface area contributed by atoms with E-state index in [1.807, 2.05) is 6.92 Å². The highest BCUT2D eigenvalue weighted by molar-refractivity contribution is 5.93. The number of nitrogens with one attached hydrogen (secondary N) is 2. The van der Waals surface area contributed by atoms with Gasteiger partial charge in [-0.3, -0.25) is 23.7 Å². The SMILES string of the molecule is Cc1cc(C(=O)NCCNC(=O)c2ccnn2CCC(=O)O)nn1C. The van der Waals surface area contributed by atoms with E-state index in [2.05, 4.69) is 20.8 Å². The maximum atomic E-state index is 12.1. The number of aliphatic carboxylic acids is 1. The third-order valence-electron chi connectivity index (χ3n) is 3.53. The van der Waals surface area contributed by atoms with Crippen LogP contribution in [-0.2, 0) is 18.4 Å². The van der Waals surface area contributed by atoms with Crippen molar-refractivity contribution in [1.29, 1.82) is 0 Å². The molecule has 25 heavy (non-hydrogen) atoms. The smallest absolute Gasteiger partial charge is 0.305 e. The number of hydrogen-bond donors (Lipinski definition) is 3. The Bertz CT molecular complexity index is 759. The maximum absolute atomic E-state index is 12.1. The van der Waals surface area contributed by atoms with E-state index in [1.165, 1.54) is 16.9 Å². The lowest BCUT2D eigenvalue weighted by Gasteiger charge is -2.08. The first kappa shape index (κ1) is 18.2. The number of carboxylic acids is 1. The molecular formula is C15H20N6O4. The largest absolute Gasteiger partial charge is 0.481 e. The average Bonchev–Trinajstić information content (AvgIpc) is 3.16. The zero-order valence-electron chi connectivity index (χ0n) is 14.0. The van der Waals surface area contributed by atoms with Crippen LogP contribution in [0.2, 0.25) is 0 Å². The second-order valence-electron chi connectivity index (χ2n) is 5.39. The van der Waals surface area contributed by atoms with Gasteiger partial charge in [-0.15, -0.1) is 0 Å². The van der Waals surface area contributed by atoms with Gasteiger partial charge in [0.15, 0.2) is 0 Å². The minimum Gasteiger partial charge on any atom is -0.481 e. The standard InChI is InChI=1S/C15H20N6O4/c1-10-9-11(19-20(10)2)14(24)16-6-7-17-15(25)12-3-5-18-21(12)8-4-13(22)23/h3,5,9H,4,6-8H2,1-2H3,(H,16,24)(H,17,25)(H,22,23). The molecular weight excluding hydrogens is 328 g/mol. The molecule has 0 atom stereocenters. The third-order valence-corrected chi connectivity index (χ3v) is 3.53. The molecule has 0 fully saturated rings. The molecule has 0 saturated carbocycles. The number of amides is 2. The quantitative estimate of drug-likeness (QED) is 0.554. The van der Waals surface area contributed by atoms with E-state index < -0.39 is 5.97 Å². The fourth-order valence-electron chi connectivity index (χ4n) is 2.11. The van der Waals surface area contributed by atoms with Crippen LogP contribution in [-0.4, -0.2) is 55.5 Å². The normalized spacial score (nSPS) is 10.5. The zero-order chi connectivity index (χ0) is 18.4. The highest BCUT2D eigenvalue weighted by atomic mass is 16.4. The molecule has 0 spiro atoms. The van der Waals surface area contributed by atoms with Gasteiger partial charge in [0.05, 0.1) is 13.0 Å². The van der Waals surface area contributed by atoms with Crippen LogP contribution in [0, 0.1) is 6.92 Å². The third kappa shape index (κ3) is 4.90. The monoisotopic (exact) mass is 348 g/mol. The summed E-state index contributed by atoms with van der Waals surface area (Å²) in [6.45, 7) is 2.42. The Balaban J connectivity index is 1.78. The van der Waals surface area contributed by atoms with Crippen LogP contribution in [0.5, 0.6) is 0 Å². The molecule has 2 amide bonds. The Labute approximate surface area is 143 Å². The number of aryl methyl sites for hydroxylation is 3. The summed E-state index contributed by atoms with van der Waals surface area (Å²) in [5.74, 6) is -1.66. The van der Waals surface area contributed by atoms with Crippen LogP contribution in [0.4, 0.5) is 0 Å². The fourth-order valence-corrected chi connectivity index (χ4v) is 2.11. The molecule has 0 aliphatic rings. The topological polar surface area (TPSA) is 131 Å². The van der Waals surface area contributed by atoms with Crippen LogP contribution >= 0.6 is 0 Å². The van der Waals surface area contributed by atoms with Crippen molar-refractivity contribution in [3.63, 3.8) is 0 Å². The van der Waals surface area contributed by atoms with E-state index in [0.29, 0.717) is 5.69 Å². The molecule has 0 unspecified atom stereocenters. The van der Waals surface area contributed by atoms with Gasteiger partial charge in [-0.05, 0) is 19.1 Å². The van der Waals surface area contributed by atoms with Gasteiger partial charge in [0.1, 0.15) is 11.4 Å². The van der Waals surface area contributed by atoms with Gasteiger partial charge in [0.25, 0.3) is 11.8 Å². The van der Waals surface area contributed by atoms with Crippen molar-refractivity contribution < 1.29 is 19.5 Å². The summed E-state index contributed by atoms with van der Waals surface area (Å²) in [7, 11) is 1.75. The van der Waals surface area contributed by atoms with Crippen molar-refractivity contribution in [1.82, 2.24) is 30.2 Å². The van der Waals surface area contributed by atoms with Gasteiger partial charge in [0, 0.05) is 32.0 Å². The highest BCUT2D eigenvalue weighted by Crippen LogP contribution is 2.01. The van der Waals surface area contributed by atoms with Crippen LogP contribution < -0.4 is 10.6 Å². The average molecular weight is 348 g/mol. The zero-order valence-corrected chi connectivity index (χ0v) is 14.0. The molecule has 0 aliphatic carbocycles. The maximum Gasteiger partial charge on any atom is 0.305 e. The summed E-state index contributed by atoms with van der Waals surface area (Å²) < 4.78 is 2.94. The summed E-state index contributed by atoms with van der Waals surface area (Å²) in [6, 6.07) is 3.18. The first-order valence-corrected chi connectivity index (χ1v) is 7.69. The predicted molar refractivity (Wildman–Crippen MR) is 87.1 cm³/mol. The summed E-state index contributed by atoms with van der Waals surface area (Å²) in [5.41, 5.74) is 1.46. The molecule has 10 nitrogen and oxygen atoms in total. The number of rotatable bonds is 8. The highest BCUT2D eigenvalue weighted by Gasteiger charge is 2.13. The minimum atomic E-state index is -0.964. The summed E-state index contributed by atoms with van der Waals surface area (Å²) in [6.07, 6.45) is 1.31. The summed E-state index contributed by atoms with van der Waals surface area (Å²) in [5, 5.41) is 22.0. The molecule has 0 bridgehead atoms. The number of carbonyl (C=O) groups excluding carboxylic acids is 2. The van der Waals surface area contributed by atoms with Gasteiger partial charge in [-0.25, -0.2) is 0 Å². The van der Waals surface area contributed by atoms with Crippen LogP contribution in [0.3, 0.4) is 0 Å². The molecule has 2 rings (SSSR count). The molecule has 2 aromatic heterocycles. The van der Waals surface area contributed by atoms with Gasteiger partial charge in [0.2, 0.25) is 0 Å². The number of carbonyl (C=O) groups is 3. The van der Waals surface area contributed by atoms with Gasteiger partial charge in [-0.2, -0.15) is 10.2 Å². The Morgan fingerprint density at radius 3 is 2.48 bits per heavy atom. The number of nitrogens with zero attached hydrogens (tertiary/aromatic N) is 4. The predicted octanol–water partition coefficient (Wildman–Crippen LogP) is -0.440. The molecule has 0 aromatic carbocycles. The molecule has 0 saturated heterocycles. The van der Waals surface area contributed by atoms with Crippen molar-refractivity contribution in [2.45, 2.75) is 19.9 Å². The number of carboxylic acid groups (broad SMARTS) is 1. The summed E-state index contributed by atoms with van der Waals surface area (Å²) >= 11 is 0. The number of hydrogen-bond acceptors (Lipinski definition) is 5. The lowest BCUT2D eigenvalue weighted by Crippen LogP contribution is -2.35. The second kappa shape index (κ2) is 8.08. The molecule has 10 heteroatoms. The van der Waals surface area contributed by atoms with Crippen molar-refractivity contribution >= 4 is 17.8 Å². The van der Waals surface area contributed by atoms with E-state index in [-0.39, 0.29) is 43.6 Å². The minimum absolute atomic E-state index is 0.112. The molecule has 2 heterocycles. The first-order valence-electron chi connectivity index (χ1n) is 7.69. The van der Waals surface area contributed by atoms with E-state index >= 15 is 0 Å². The number of aromatic nitrogens is 4. The second-order valence-corrected chi connectivity index (χ2v) is 5.39. The van der Waals surface area contributed by atoms with E-state index in [4.69, 9.17) is 5.11 Å². The van der Waals surface area contributed by atoms with Gasteiger partial charge >= 0.3 is 5.97 Å². The Kier molecular flexibility index (Phi) is 5.88. The van der Waals surface area contributed by atoms with Crippen molar-refractivity contribution in [3.8, 4) is 0 Å². The molecule has 0 radical (unpaired) electrons. The molecule has 3 N–H and O–H groups in total. The van der Waals surface area contributed by atoms with Crippen LogP contribution in [0.1, 0.15) is 33.1 Å². The van der Waals surface area contributed by atoms with E-state index in [0.717, 1.165) is 5.69 Å². The summed E-state index contributed by atoms with van der Waals surface area (Å²) in [4.78, 5) is 34.6. The Morgan fingerprint density at radius 2 is 1.88 bits per heavy atom. The molecule has 2 aromatic rings. The van der Waals surface area contributed by atoms with Gasteiger partial charge < -0.3 is 15.7 Å². The molecule has 134 valence electrons. The van der Waals surface area contributed by atoms with Crippen LogP contribution in [0.15, 0.2) is 18.3 Å². The van der Waals surface area contributed by atoms with Crippen molar-refractivity contribution in [3.05, 3.63) is 35.4 Å². The van der Waals surface area contributed by atoms with Crippen LogP contribution in [0.25, 0.3) is 0 Å². The Morgan fingerprint density at radius 1 is 1.20 bits per heavy atom. The van der Waals surface area contributed by atoms with E-state index in [1.54, 1.807) is 17.8 Å². The first-order chi connectivity index (χ1) is 11.9. The van der Waals surface area contributed by atoms with Crippen molar-refractivity contribution in [2.24, 2.45) is 7.05 Å². The Hall–Kier alpha value is -3.17. The van der Waals surface area contributed by atoms with Gasteiger partial charge in [-0.1, -0.05) is 0 Å². The fraction of sp³-hybridized carbons (Fsp3) is 0.400.